The van der Waals surface area contributed by atoms with Crippen molar-refractivity contribution in [2.24, 2.45) is 5.73 Å². The Hall–Kier alpha value is -3.60. The number of hydrogen-bond donors (Lipinski definition) is 3. The number of nitrogens with two attached hydrogens (primary N) is 1. The van der Waals surface area contributed by atoms with Gasteiger partial charge < -0.3 is 20.9 Å². The van der Waals surface area contributed by atoms with E-state index in [0.29, 0.717) is 22.1 Å². The summed E-state index contributed by atoms with van der Waals surface area (Å²) < 4.78 is 7.34. The van der Waals surface area contributed by atoms with Gasteiger partial charge in [0.2, 0.25) is 0 Å². The summed E-state index contributed by atoms with van der Waals surface area (Å²) in [6, 6.07) is 15.1. The monoisotopic (exact) mass is 464 g/mol. The molecule has 0 aliphatic carbocycles. The van der Waals surface area contributed by atoms with Crippen LogP contribution in [0.5, 0.6) is 0 Å². The summed E-state index contributed by atoms with van der Waals surface area (Å²) in [6.45, 7) is 3.82. The van der Waals surface area contributed by atoms with Gasteiger partial charge >= 0.3 is 0 Å². The van der Waals surface area contributed by atoms with E-state index in [-0.39, 0.29) is 13.2 Å². The SMILES string of the molecule is CC(C)(O)COCc1cccc(Nc2sc(-c3ccc(-n4cnnc4)cc3)cc2C(N)=O)n1. The second kappa shape index (κ2) is 9.49. The average molecular weight is 465 g/mol. The van der Waals surface area contributed by atoms with Gasteiger partial charge in [-0.25, -0.2) is 4.98 Å². The van der Waals surface area contributed by atoms with Gasteiger partial charge in [-0.05, 0) is 49.7 Å². The minimum absolute atomic E-state index is 0.197. The molecule has 33 heavy (non-hydrogen) atoms. The molecular weight excluding hydrogens is 440 g/mol. The lowest BCUT2D eigenvalue weighted by Gasteiger charge is -2.16. The number of hydrogen-bond acceptors (Lipinski definition) is 8. The van der Waals surface area contributed by atoms with Gasteiger partial charge in [-0.15, -0.1) is 21.5 Å². The molecule has 10 heteroatoms. The second-order valence-electron chi connectivity index (χ2n) is 8.08. The smallest absolute Gasteiger partial charge is 0.251 e. The molecule has 0 atom stereocenters. The average Bonchev–Trinajstić information content (AvgIpc) is 3.44. The number of aliphatic hydroxyl groups is 1. The van der Waals surface area contributed by atoms with E-state index >= 15 is 0 Å². The number of aromatic nitrogens is 4. The number of amides is 1. The summed E-state index contributed by atoms with van der Waals surface area (Å²) >= 11 is 1.42. The zero-order valence-corrected chi connectivity index (χ0v) is 19.0. The largest absolute Gasteiger partial charge is 0.388 e. The number of primary amides is 1. The predicted molar refractivity (Wildman–Crippen MR) is 127 cm³/mol. The van der Waals surface area contributed by atoms with Crippen LogP contribution in [-0.4, -0.2) is 43.0 Å². The van der Waals surface area contributed by atoms with E-state index in [1.807, 2.05) is 41.0 Å². The van der Waals surface area contributed by atoms with Crippen LogP contribution in [0.4, 0.5) is 10.8 Å². The Bertz CT molecular complexity index is 1230. The van der Waals surface area contributed by atoms with Crippen molar-refractivity contribution in [1.29, 1.82) is 0 Å². The van der Waals surface area contributed by atoms with Gasteiger partial charge in [0.05, 0.1) is 30.1 Å². The second-order valence-corrected chi connectivity index (χ2v) is 9.13. The van der Waals surface area contributed by atoms with Crippen molar-refractivity contribution < 1.29 is 14.6 Å². The normalized spacial score (nSPS) is 11.5. The Morgan fingerprint density at radius 3 is 2.58 bits per heavy atom. The third-order valence-corrected chi connectivity index (χ3v) is 5.72. The molecule has 0 aliphatic rings. The number of nitrogens with one attached hydrogen (secondary N) is 1. The van der Waals surface area contributed by atoms with Crippen LogP contribution in [0.1, 0.15) is 29.9 Å². The molecule has 0 fully saturated rings. The molecule has 0 aliphatic heterocycles. The molecule has 4 N–H and O–H groups in total. The fourth-order valence-electron chi connectivity index (χ4n) is 3.09. The standard InChI is InChI=1S/C23H24N6O3S/c1-23(2,31)12-32-11-16-4-3-5-20(27-16)28-22-18(21(24)30)10-19(33-22)15-6-8-17(9-7-15)29-13-25-26-14-29/h3-10,13-14,31H,11-12H2,1-2H3,(H2,24,30)(H,27,28). The quantitative estimate of drug-likeness (QED) is 0.346. The zero-order chi connectivity index (χ0) is 23.4. The number of nitrogens with zero attached hydrogens (tertiary/aromatic N) is 4. The fraction of sp³-hybridized carbons (Fsp3) is 0.217. The molecule has 3 aromatic heterocycles. The van der Waals surface area contributed by atoms with Crippen LogP contribution < -0.4 is 11.1 Å². The highest BCUT2D eigenvalue weighted by Crippen LogP contribution is 2.37. The molecule has 9 nitrogen and oxygen atoms in total. The lowest BCUT2D eigenvalue weighted by molar-refractivity contribution is -0.0276. The minimum atomic E-state index is -0.909. The molecule has 3 heterocycles. The molecule has 4 aromatic rings. The fourth-order valence-corrected chi connectivity index (χ4v) is 4.17. The van der Waals surface area contributed by atoms with Crippen LogP contribution in [0.2, 0.25) is 0 Å². The van der Waals surface area contributed by atoms with Crippen LogP contribution in [0.3, 0.4) is 0 Å². The highest BCUT2D eigenvalue weighted by Gasteiger charge is 2.16. The molecule has 0 spiro atoms. The van der Waals surface area contributed by atoms with Crippen LogP contribution in [-0.2, 0) is 11.3 Å². The van der Waals surface area contributed by atoms with E-state index < -0.39 is 11.5 Å². The first-order valence-corrected chi connectivity index (χ1v) is 11.0. The summed E-state index contributed by atoms with van der Waals surface area (Å²) in [6.07, 6.45) is 3.26. The van der Waals surface area contributed by atoms with Gasteiger partial charge in [-0.3, -0.25) is 9.36 Å². The van der Waals surface area contributed by atoms with E-state index in [1.54, 1.807) is 38.6 Å². The van der Waals surface area contributed by atoms with Gasteiger partial charge in [0.15, 0.2) is 0 Å². The van der Waals surface area contributed by atoms with Crippen LogP contribution in [0.25, 0.3) is 16.1 Å². The van der Waals surface area contributed by atoms with E-state index in [9.17, 15) is 9.90 Å². The molecule has 170 valence electrons. The Labute approximate surface area is 194 Å². The summed E-state index contributed by atoms with van der Waals surface area (Å²) in [5.41, 5.74) is 7.70. The summed E-state index contributed by atoms with van der Waals surface area (Å²) in [7, 11) is 0. The van der Waals surface area contributed by atoms with Crippen LogP contribution in [0.15, 0.2) is 61.2 Å². The maximum atomic E-state index is 12.1. The van der Waals surface area contributed by atoms with E-state index in [1.165, 1.54) is 11.3 Å². The number of carbonyl (C=O) groups is 1. The van der Waals surface area contributed by atoms with Crippen LogP contribution in [0, 0.1) is 0 Å². The van der Waals surface area contributed by atoms with Crippen molar-refractivity contribution in [2.45, 2.75) is 26.1 Å². The molecule has 0 saturated heterocycles. The number of ether oxygens (including phenoxy) is 1. The number of thiophene rings is 1. The van der Waals surface area contributed by atoms with Crippen molar-refractivity contribution in [3.8, 4) is 16.1 Å². The van der Waals surface area contributed by atoms with Crippen molar-refractivity contribution in [3.05, 3.63) is 72.4 Å². The molecule has 0 unspecified atom stereocenters. The molecular formula is C23H24N6O3S. The Morgan fingerprint density at radius 2 is 1.91 bits per heavy atom. The van der Waals surface area contributed by atoms with Crippen molar-refractivity contribution >= 4 is 28.1 Å². The van der Waals surface area contributed by atoms with E-state index in [4.69, 9.17) is 10.5 Å². The predicted octanol–water partition coefficient (Wildman–Crippen LogP) is 3.52. The van der Waals surface area contributed by atoms with Gasteiger partial charge in [-0.2, -0.15) is 0 Å². The highest BCUT2D eigenvalue weighted by molar-refractivity contribution is 7.19. The summed E-state index contributed by atoms with van der Waals surface area (Å²) in [5.74, 6) is 0.0454. The molecule has 1 amide bonds. The number of carbonyl (C=O) groups excluding carboxylic acids is 1. The van der Waals surface area contributed by atoms with Gasteiger partial charge in [0, 0.05) is 10.6 Å². The first-order valence-electron chi connectivity index (χ1n) is 10.2. The third-order valence-electron chi connectivity index (χ3n) is 4.62. The van der Waals surface area contributed by atoms with E-state index in [0.717, 1.165) is 16.1 Å². The lowest BCUT2D eigenvalue weighted by atomic mass is 10.1. The number of pyridine rings is 1. The Kier molecular flexibility index (Phi) is 6.50. The molecule has 0 radical (unpaired) electrons. The maximum absolute atomic E-state index is 12.1. The Balaban J connectivity index is 1.53. The van der Waals surface area contributed by atoms with Gasteiger partial charge in [0.25, 0.3) is 5.91 Å². The lowest BCUT2D eigenvalue weighted by Crippen LogP contribution is -2.25. The van der Waals surface area contributed by atoms with E-state index in [2.05, 4.69) is 20.5 Å². The van der Waals surface area contributed by atoms with Crippen molar-refractivity contribution in [2.75, 3.05) is 11.9 Å². The van der Waals surface area contributed by atoms with Crippen LogP contribution >= 0.6 is 11.3 Å². The molecule has 1 aromatic carbocycles. The maximum Gasteiger partial charge on any atom is 0.251 e. The first kappa shape index (κ1) is 22.6. The highest BCUT2D eigenvalue weighted by atomic mass is 32.1. The van der Waals surface area contributed by atoms with Gasteiger partial charge in [0.1, 0.15) is 23.5 Å². The Morgan fingerprint density at radius 1 is 1.18 bits per heavy atom. The van der Waals surface area contributed by atoms with Gasteiger partial charge in [-0.1, -0.05) is 18.2 Å². The molecule has 4 rings (SSSR count). The van der Waals surface area contributed by atoms with Crippen molar-refractivity contribution in [1.82, 2.24) is 19.7 Å². The number of benzene rings is 1. The molecule has 0 saturated carbocycles. The third kappa shape index (κ3) is 5.80. The minimum Gasteiger partial charge on any atom is -0.388 e. The van der Waals surface area contributed by atoms with Crippen molar-refractivity contribution in [3.63, 3.8) is 0 Å². The number of anilines is 2. The first-order chi connectivity index (χ1) is 15.8. The zero-order valence-electron chi connectivity index (χ0n) is 18.2. The summed E-state index contributed by atoms with van der Waals surface area (Å²) in [4.78, 5) is 17.5. The summed E-state index contributed by atoms with van der Waals surface area (Å²) in [5, 5.41) is 21.2. The molecule has 0 bridgehead atoms. The topological polar surface area (TPSA) is 128 Å². The number of rotatable bonds is 9.